The number of carboxylic acids is 1. The van der Waals surface area contributed by atoms with Gasteiger partial charge in [0.2, 0.25) is 0 Å². The molecule has 0 aliphatic heterocycles. The Morgan fingerprint density at radius 2 is 1.17 bits per heavy atom. The third-order valence-corrected chi connectivity index (χ3v) is 2.39. The molecule has 0 radical (unpaired) electrons. The molecule has 0 atom stereocenters. The molecule has 0 unspecified atom stereocenters. The number of nitrogen functional groups attached to an aromatic ring is 1. The van der Waals surface area contributed by atoms with E-state index in [1.165, 1.54) is 12.1 Å². The van der Waals surface area contributed by atoms with Crippen molar-refractivity contribution in [3.8, 4) is 11.8 Å². The molecule has 0 amide bonds. The molecule has 128 valence electrons. The van der Waals surface area contributed by atoms with Crippen molar-refractivity contribution < 1.29 is 9.90 Å². The number of carboxylic acid groups (broad SMARTS) is 1. The van der Waals surface area contributed by atoms with Crippen molar-refractivity contribution in [3.63, 3.8) is 0 Å². The maximum Gasteiger partial charge on any atom is 0.335 e. The van der Waals surface area contributed by atoms with Crippen molar-refractivity contribution >= 4 is 11.7 Å². The number of carbonyl (C=O) groups is 1. The average Bonchev–Trinajstić information content (AvgIpc) is 2.66. The van der Waals surface area contributed by atoms with Crippen molar-refractivity contribution in [2.45, 2.75) is 27.7 Å². The van der Waals surface area contributed by atoms with E-state index in [1.54, 1.807) is 24.3 Å². The molecule has 24 heavy (non-hydrogen) atoms. The minimum atomic E-state index is -0.937. The SMILES string of the molecule is C=C.CC.CC.Nc1ccc(C#Cc2ccc(C(=O)O)cc2)cc1. The normalized spacial score (nSPS) is 7.67. The van der Waals surface area contributed by atoms with Gasteiger partial charge in [0.25, 0.3) is 0 Å². The predicted molar refractivity (Wildman–Crippen MR) is 104 cm³/mol. The van der Waals surface area contributed by atoms with E-state index < -0.39 is 5.97 Å². The Labute approximate surface area is 145 Å². The van der Waals surface area contributed by atoms with Crippen molar-refractivity contribution in [1.82, 2.24) is 0 Å². The smallest absolute Gasteiger partial charge is 0.335 e. The summed E-state index contributed by atoms with van der Waals surface area (Å²) in [6, 6.07) is 13.7. The number of hydrogen-bond acceptors (Lipinski definition) is 2. The van der Waals surface area contributed by atoms with E-state index in [0.29, 0.717) is 5.69 Å². The van der Waals surface area contributed by atoms with Crippen LogP contribution in [-0.4, -0.2) is 11.1 Å². The second-order valence-corrected chi connectivity index (χ2v) is 3.75. The third kappa shape index (κ3) is 9.11. The van der Waals surface area contributed by atoms with Crippen LogP contribution in [0.3, 0.4) is 0 Å². The van der Waals surface area contributed by atoms with Crippen LogP contribution in [0, 0.1) is 11.8 Å². The molecule has 0 fully saturated rings. The second kappa shape index (κ2) is 14.9. The summed E-state index contributed by atoms with van der Waals surface area (Å²) in [5.41, 5.74) is 8.17. The van der Waals surface area contributed by atoms with E-state index in [1.807, 2.05) is 39.8 Å². The van der Waals surface area contributed by atoms with Crippen molar-refractivity contribution in [2.24, 2.45) is 0 Å². The Balaban J connectivity index is 0. The molecule has 0 heterocycles. The first-order chi connectivity index (χ1) is 11.6. The largest absolute Gasteiger partial charge is 0.478 e. The van der Waals surface area contributed by atoms with Gasteiger partial charge in [-0.15, -0.1) is 13.2 Å². The number of benzene rings is 2. The van der Waals surface area contributed by atoms with E-state index in [4.69, 9.17) is 10.8 Å². The van der Waals surface area contributed by atoms with Gasteiger partial charge in [-0.3, -0.25) is 0 Å². The van der Waals surface area contributed by atoms with E-state index in [-0.39, 0.29) is 5.56 Å². The molecule has 0 saturated carbocycles. The molecular formula is C21H27NO2. The Hall–Kier alpha value is -2.99. The first kappa shape index (κ1) is 23.3. The average molecular weight is 325 g/mol. The third-order valence-electron chi connectivity index (χ3n) is 2.39. The zero-order valence-electron chi connectivity index (χ0n) is 15.0. The molecule has 3 nitrogen and oxygen atoms in total. The van der Waals surface area contributed by atoms with Crippen LogP contribution >= 0.6 is 0 Å². The molecule has 2 aromatic carbocycles. The van der Waals surface area contributed by atoms with Gasteiger partial charge in [0.05, 0.1) is 5.56 Å². The first-order valence-electron chi connectivity index (χ1n) is 7.86. The summed E-state index contributed by atoms with van der Waals surface area (Å²) in [7, 11) is 0. The standard InChI is InChI=1S/C15H11NO2.2C2H6.C2H4/c16-14-9-5-12(6-10-14)2-1-11-3-7-13(8-4-11)15(17)18;3*1-2/h3-10H,16H2,(H,17,18);2*1-2H3;1-2H2. The Morgan fingerprint density at radius 1 is 0.833 bits per heavy atom. The highest BCUT2D eigenvalue weighted by atomic mass is 16.4. The van der Waals surface area contributed by atoms with Gasteiger partial charge >= 0.3 is 5.97 Å². The fourth-order valence-electron chi connectivity index (χ4n) is 1.41. The van der Waals surface area contributed by atoms with Crippen LogP contribution in [0.25, 0.3) is 0 Å². The molecule has 2 rings (SSSR count). The van der Waals surface area contributed by atoms with Gasteiger partial charge in [0.15, 0.2) is 0 Å². The number of anilines is 1. The molecule has 3 N–H and O–H groups in total. The highest BCUT2D eigenvalue weighted by molar-refractivity contribution is 5.87. The summed E-state index contributed by atoms with van der Waals surface area (Å²) in [5.74, 6) is 5.01. The van der Waals surface area contributed by atoms with Gasteiger partial charge in [-0.1, -0.05) is 39.5 Å². The molecule has 2 aromatic rings. The van der Waals surface area contributed by atoms with Crippen LogP contribution in [0.1, 0.15) is 49.2 Å². The lowest BCUT2D eigenvalue weighted by molar-refractivity contribution is 0.0697. The second-order valence-electron chi connectivity index (χ2n) is 3.75. The highest BCUT2D eigenvalue weighted by Gasteiger charge is 1.99. The highest BCUT2D eigenvalue weighted by Crippen LogP contribution is 2.06. The number of rotatable bonds is 1. The lowest BCUT2D eigenvalue weighted by Crippen LogP contribution is -1.94. The lowest BCUT2D eigenvalue weighted by Gasteiger charge is -1.94. The summed E-state index contributed by atoms with van der Waals surface area (Å²) in [6.45, 7) is 14.0. The van der Waals surface area contributed by atoms with Crippen molar-refractivity contribution in [1.29, 1.82) is 0 Å². The van der Waals surface area contributed by atoms with Crippen LogP contribution in [0.2, 0.25) is 0 Å². The minimum absolute atomic E-state index is 0.257. The Kier molecular flexibility index (Phi) is 14.5. The Morgan fingerprint density at radius 3 is 1.50 bits per heavy atom. The maximum atomic E-state index is 10.7. The fraction of sp³-hybridized carbons (Fsp3) is 0.190. The molecule has 0 saturated heterocycles. The van der Waals surface area contributed by atoms with Crippen molar-refractivity contribution in [2.75, 3.05) is 5.73 Å². The van der Waals surface area contributed by atoms with Crippen molar-refractivity contribution in [3.05, 3.63) is 78.4 Å². The first-order valence-corrected chi connectivity index (χ1v) is 7.86. The molecular weight excluding hydrogens is 298 g/mol. The summed E-state index contributed by atoms with van der Waals surface area (Å²) in [4.78, 5) is 10.7. The van der Waals surface area contributed by atoms with E-state index in [9.17, 15) is 4.79 Å². The topological polar surface area (TPSA) is 63.3 Å². The molecule has 3 heteroatoms. The van der Waals surface area contributed by atoms with Crippen LogP contribution in [0.4, 0.5) is 5.69 Å². The summed E-state index contributed by atoms with van der Waals surface area (Å²) in [6.07, 6.45) is 0. The number of nitrogens with two attached hydrogens (primary N) is 1. The van der Waals surface area contributed by atoms with Gasteiger partial charge in [-0.2, -0.15) is 0 Å². The van der Waals surface area contributed by atoms with Crippen LogP contribution in [0.5, 0.6) is 0 Å². The predicted octanol–water partition coefficient (Wildman–Crippen LogP) is 5.22. The zero-order valence-corrected chi connectivity index (χ0v) is 15.0. The molecule has 0 aliphatic rings. The van der Waals surface area contributed by atoms with Gasteiger partial charge in [-0.05, 0) is 48.5 Å². The number of hydrogen-bond donors (Lipinski definition) is 2. The molecule has 0 spiro atoms. The summed E-state index contributed by atoms with van der Waals surface area (Å²) in [5, 5.41) is 8.76. The molecule has 0 aromatic heterocycles. The minimum Gasteiger partial charge on any atom is -0.478 e. The molecule has 0 aliphatic carbocycles. The van der Waals surface area contributed by atoms with E-state index in [2.05, 4.69) is 25.0 Å². The molecule has 0 bridgehead atoms. The van der Waals surface area contributed by atoms with Gasteiger partial charge < -0.3 is 10.8 Å². The van der Waals surface area contributed by atoms with Gasteiger partial charge in [0.1, 0.15) is 0 Å². The Bertz CT molecular complexity index is 632. The van der Waals surface area contributed by atoms with Crippen LogP contribution < -0.4 is 5.73 Å². The van der Waals surface area contributed by atoms with Crippen LogP contribution in [-0.2, 0) is 0 Å². The van der Waals surface area contributed by atoms with E-state index in [0.717, 1.165) is 11.1 Å². The number of aromatic carboxylic acids is 1. The summed E-state index contributed by atoms with van der Waals surface area (Å²) < 4.78 is 0. The monoisotopic (exact) mass is 325 g/mol. The lowest BCUT2D eigenvalue weighted by atomic mass is 10.1. The maximum absolute atomic E-state index is 10.7. The summed E-state index contributed by atoms with van der Waals surface area (Å²) >= 11 is 0. The van der Waals surface area contributed by atoms with E-state index >= 15 is 0 Å². The van der Waals surface area contributed by atoms with Crippen LogP contribution in [0.15, 0.2) is 61.7 Å². The van der Waals surface area contributed by atoms with Gasteiger partial charge in [0, 0.05) is 16.8 Å². The quantitative estimate of drug-likeness (QED) is 0.429. The fourth-order valence-corrected chi connectivity index (χ4v) is 1.41. The zero-order chi connectivity index (χ0) is 19.0. The van der Waals surface area contributed by atoms with Gasteiger partial charge in [-0.25, -0.2) is 4.79 Å².